The minimum Gasteiger partial charge on any atom is -0.349 e. The van der Waals surface area contributed by atoms with Crippen molar-refractivity contribution in [2.75, 3.05) is 6.26 Å². The molecule has 1 amide bonds. The number of H-pyrrole nitrogens is 1. The number of halogens is 2. The lowest BCUT2D eigenvalue weighted by Crippen LogP contribution is -2.29. The number of sulfonamides is 1. The number of aromatic amines is 1. The van der Waals surface area contributed by atoms with Crippen LogP contribution in [0.1, 0.15) is 10.5 Å². The molecular formula is C10H8ClFN2O3S. The van der Waals surface area contributed by atoms with Crippen molar-refractivity contribution in [3.8, 4) is 0 Å². The number of nitrogens with one attached hydrogen (secondary N) is 2. The first kappa shape index (κ1) is 12.8. The second-order valence-corrected chi connectivity index (χ2v) is 5.83. The third-order valence-electron chi connectivity index (χ3n) is 2.20. The third-order valence-corrected chi connectivity index (χ3v) is 3.15. The van der Waals surface area contributed by atoms with Gasteiger partial charge in [0.05, 0.1) is 11.3 Å². The monoisotopic (exact) mass is 290 g/mol. The van der Waals surface area contributed by atoms with Crippen molar-refractivity contribution in [1.82, 2.24) is 9.71 Å². The second kappa shape index (κ2) is 4.25. The quantitative estimate of drug-likeness (QED) is 0.882. The normalized spacial score (nSPS) is 11.7. The van der Waals surface area contributed by atoms with Crippen LogP contribution in [0.5, 0.6) is 0 Å². The van der Waals surface area contributed by atoms with E-state index in [9.17, 15) is 17.6 Å². The van der Waals surface area contributed by atoms with Crippen LogP contribution in [-0.4, -0.2) is 25.6 Å². The number of hydrogen-bond acceptors (Lipinski definition) is 3. The highest BCUT2D eigenvalue weighted by Gasteiger charge is 2.19. The fourth-order valence-corrected chi connectivity index (χ4v) is 2.24. The van der Waals surface area contributed by atoms with Gasteiger partial charge in [0.25, 0.3) is 5.91 Å². The molecule has 0 bridgehead atoms. The van der Waals surface area contributed by atoms with Crippen molar-refractivity contribution in [1.29, 1.82) is 0 Å². The maximum absolute atomic E-state index is 13.0. The molecule has 1 aromatic carbocycles. The lowest BCUT2D eigenvalue weighted by molar-refractivity contribution is 0.0978. The van der Waals surface area contributed by atoms with Crippen LogP contribution in [0.15, 0.2) is 18.2 Å². The molecule has 8 heteroatoms. The highest BCUT2D eigenvalue weighted by atomic mass is 35.5. The molecule has 0 spiro atoms. The molecule has 2 rings (SSSR count). The number of hydrogen-bond donors (Lipinski definition) is 2. The largest absolute Gasteiger partial charge is 0.349 e. The molecule has 0 saturated carbocycles. The van der Waals surface area contributed by atoms with E-state index in [-0.39, 0.29) is 10.7 Å². The van der Waals surface area contributed by atoms with Gasteiger partial charge in [0.1, 0.15) is 11.5 Å². The zero-order chi connectivity index (χ0) is 13.5. The summed E-state index contributed by atoms with van der Waals surface area (Å²) in [5, 5.41) is 0.293. The first-order valence-electron chi connectivity index (χ1n) is 4.77. The molecular weight excluding hydrogens is 283 g/mol. The van der Waals surface area contributed by atoms with E-state index in [0.717, 1.165) is 12.3 Å². The summed E-state index contributed by atoms with van der Waals surface area (Å²) in [6, 6.07) is 3.77. The van der Waals surface area contributed by atoms with Crippen LogP contribution in [0.2, 0.25) is 5.02 Å². The molecule has 0 aliphatic carbocycles. The summed E-state index contributed by atoms with van der Waals surface area (Å²) in [5.41, 5.74) is 0.322. The number of carbonyl (C=O) groups excluding carboxylic acids is 1. The molecule has 0 saturated heterocycles. The number of benzene rings is 1. The Morgan fingerprint density at radius 1 is 1.44 bits per heavy atom. The topological polar surface area (TPSA) is 79.0 Å². The van der Waals surface area contributed by atoms with Gasteiger partial charge in [-0.1, -0.05) is 11.6 Å². The Morgan fingerprint density at radius 2 is 2.11 bits per heavy atom. The minimum absolute atomic E-state index is 0.0225. The number of fused-ring (bicyclic) bond motifs is 1. The summed E-state index contributed by atoms with van der Waals surface area (Å²) in [4.78, 5) is 14.3. The van der Waals surface area contributed by atoms with Gasteiger partial charge < -0.3 is 4.98 Å². The first-order valence-corrected chi connectivity index (χ1v) is 7.04. The van der Waals surface area contributed by atoms with E-state index in [2.05, 4.69) is 4.98 Å². The lowest BCUT2D eigenvalue weighted by Gasteiger charge is -2.00. The second-order valence-electron chi connectivity index (χ2n) is 3.71. The van der Waals surface area contributed by atoms with Crippen molar-refractivity contribution in [3.63, 3.8) is 0 Å². The molecule has 1 heterocycles. The van der Waals surface area contributed by atoms with Gasteiger partial charge in [0.2, 0.25) is 10.0 Å². The van der Waals surface area contributed by atoms with Gasteiger partial charge in [0, 0.05) is 10.9 Å². The van der Waals surface area contributed by atoms with Crippen molar-refractivity contribution in [2.24, 2.45) is 0 Å². The summed E-state index contributed by atoms with van der Waals surface area (Å²) in [6.45, 7) is 0. The first-order chi connectivity index (χ1) is 8.28. The van der Waals surface area contributed by atoms with Gasteiger partial charge >= 0.3 is 0 Å². The number of carbonyl (C=O) groups is 1. The fraction of sp³-hybridized carbons (Fsp3) is 0.100. The zero-order valence-corrected chi connectivity index (χ0v) is 10.7. The molecule has 5 nitrogen and oxygen atoms in total. The van der Waals surface area contributed by atoms with Crippen LogP contribution in [0.3, 0.4) is 0 Å². The Balaban J connectivity index is 2.52. The molecule has 2 aromatic rings. The molecule has 18 heavy (non-hydrogen) atoms. The molecule has 0 aliphatic rings. The number of aromatic nitrogens is 1. The summed E-state index contributed by atoms with van der Waals surface area (Å²) >= 11 is 5.90. The summed E-state index contributed by atoms with van der Waals surface area (Å²) < 4.78 is 36.7. The van der Waals surface area contributed by atoms with Crippen molar-refractivity contribution >= 4 is 38.4 Å². The molecule has 2 N–H and O–H groups in total. The zero-order valence-electron chi connectivity index (χ0n) is 9.12. The molecule has 0 radical (unpaired) electrons. The Bertz CT molecular complexity index is 739. The van der Waals surface area contributed by atoms with Crippen molar-refractivity contribution in [2.45, 2.75) is 0 Å². The average molecular weight is 291 g/mol. The Morgan fingerprint density at radius 3 is 2.72 bits per heavy atom. The van der Waals surface area contributed by atoms with Crippen LogP contribution in [-0.2, 0) is 10.0 Å². The van der Waals surface area contributed by atoms with Crippen molar-refractivity contribution in [3.05, 3.63) is 34.7 Å². The predicted octanol–water partition coefficient (Wildman–Crippen LogP) is 1.65. The van der Waals surface area contributed by atoms with Crippen LogP contribution in [0, 0.1) is 5.82 Å². The molecule has 0 fully saturated rings. The van der Waals surface area contributed by atoms with Gasteiger partial charge in [-0.2, -0.15) is 0 Å². The molecule has 0 unspecified atom stereocenters. The van der Waals surface area contributed by atoms with E-state index in [1.54, 1.807) is 4.72 Å². The van der Waals surface area contributed by atoms with Crippen LogP contribution >= 0.6 is 11.6 Å². The molecule has 96 valence electrons. The number of rotatable bonds is 2. The Kier molecular flexibility index (Phi) is 3.04. The highest BCUT2D eigenvalue weighted by Crippen LogP contribution is 2.28. The van der Waals surface area contributed by atoms with E-state index in [1.807, 2.05) is 0 Å². The van der Waals surface area contributed by atoms with Crippen LogP contribution in [0.25, 0.3) is 10.9 Å². The van der Waals surface area contributed by atoms with Crippen LogP contribution < -0.4 is 4.72 Å². The minimum atomic E-state index is -3.69. The van der Waals surface area contributed by atoms with Crippen LogP contribution in [0.4, 0.5) is 4.39 Å². The van der Waals surface area contributed by atoms with Gasteiger partial charge in [-0.3, -0.25) is 4.79 Å². The smallest absolute Gasteiger partial charge is 0.282 e. The fourth-order valence-electron chi connectivity index (χ4n) is 1.51. The maximum Gasteiger partial charge on any atom is 0.282 e. The van der Waals surface area contributed by atoms with Gasteiger partial charge in [-0.05, 0) is 18.2 Å². The summed E-state index contributed by atoms with van der Waals surface area (Å²) in [5.74, 6) is -1.39. The van der Waals surface area contributed by atoms with E-state index < -0.39 is 21.7 Å². The van der Waals surface area contributed by atoms with E-state index in [4.69, 9.17) is 11.6 Å². The predicted molar refractivity (Wildman–Crippen MR) is 65.6 cm³/mol. The Hall–Kier alpha value is -1.60. The molecule has 0 atom stereocenters. The van der Waals surface area contributed by atoms with E-state index in [0.29, 0.717) is 10.9 Å². The van der Waals surface area contributed by atoms with E-state index >= 15 is 0 Å². The molecule has 1 aromatic heterocycles. The van der Waals surface area contributed by atoms with Crippen molar-refractivity contribution < 1.29 is 17.6 Å². The summed E-state index contributed by atoms with van der Waals surface area (Å²) in [6.07, 6.45) is 0.848. The standard InChI is InChI=1S/C10H8ClFN2O3S/c1-18(16,17)14-10(15)9-8(11)6-4-5(12)2-3-7(6)13-9/h2-4,13H,1H3,(H,14,15). The van der Waals surface area contributed by atoms with Gasteiger partial charge in [0.15, 0.2) is 0 Å². The average Bonchev–Trinajstić information content (AvgIpc) is 2.54. The molecule has 0 aliphatic heterocycles. The highest BCUT2D eigenvalue weighted by molar-refractivity contribution is 7.89. The van der Waals surface area contributed by atoms with Gasteiger partial charge in [-0.15, -0.1) is 0 Å². The maximum atomic E-state index is 13.0. The van der Waals surface area contributed by atoms with Gasteiger partial charge in [-0.25, -0.2) is 17.5 Å². The van der Waals surface area contributed by atoms with E-state index in [1.165, 1.54) is 12.1 Å². The SMILES string of the molecule is CS(=O)(=O)NC(=O)c1[nH]c2ccc(F)cc2c1Cl. The third kappa shape index (κ3) is 2.46. The number of amides is 1. The summed E-state index contributed by atoms with van der Waals surface area (Å²) in [7, 11) is -3.69. The Labute approximate surface area is 107 Å². The lowest BCUT2D eigenvalue weighted by atomic mass is 10.2.